The molecule has 0 saturated heterocycles. The molecule has 3 heterocycles. The smallest absolute Gasteiger partial charge is 0.358 e. The minimum absolute atomic E-state index is 0.225. The third kappa shape index (κ3) is 3.34. The second-order valence-electron chi connectivity index (χ2n) is 4.14. The minimum Gasteiger partial charge on any atom is -0.358 e. The highest BCUT2D eigenvalue weighted by molar-refractivity contribution is 6.11. The van der Waals surface area contributed by atoms with Crippen LogP contribution in [0.15, 0.2) is 38.4 Å². The second-order valence-corrected chi connectivity index (χ2v) is 4.14. The molecule has 2 aliphatic heterocycles. The van der Waals surface area contributed by atoms with E-state index in [4.69, 9.17) is 0 Å². The molecule has 1 aromatic rings. The van der Waals surface area contributed by atoms with Gasteiger partial charge in [-0.15, -0.1) is 10.2 Å². The fourth-order valence-corrected chi connectivity index (χ4v) is 1.67. The monoisotopic (exact) mass is 365 g/mol. The van der Waals surface area contributed by atoms with Crippen LogP contribution in [0.1, 0.15) is 0 Å². The maximum atomic E-state index is 10.6. The van der Waals surface area contributed by atoms with Gasteiger partial charge in [-0.1, -0.05) is 0 Å². The summed E-state index contributed by atoms with van der Waals surface area (Å²) >= 11 is 0. The van der Waals surface area contributed by atoms with Gasteiger partial charge < -0.3 is 10.1 Å². The molecular weight excluding hydrogens is 362 g/mol. The highest BCUT2D eigenvalue weighted by Gasteiger charge is 2.45. The second kappa shape index (κ2) is 6.90. The summed E-state index contributed by atoms with van der Waals surface area (Å²) in [5, 5.41) is 52.7. The van der Waals surface area contributed by atoms with Gasteiger partial charge in [-0.2, -0.15) is 0 Å². The SMILES string of the molecule is C1=NC2=NN=NC2=C1.O=[N+]([O-])c1cnc([N+](=O)[O-])c([N+](=O)[O-])c1[N+](=O)[O-]. The molecule has 17 nitrogen and oxygen atoms in total. The van der Waals surface area contributed by atoms with Crippen molar-refractivity contribution in [3.63, 3.8) is 0 Å². The van der Waals surface area contributed by atoms with Crippen molar-refractivity contribution >= 4 is 34.9 Å². The Balaban J connectivity index is 0.000000247. The van der Waals surface area contributed by atoms with Crippen molar-refractivity contribution in [2.24, 2.45) is 20.4 Å². The van der Waals surface area contributed by atoms with Gasteiger partial charge in [0.1, 0.15) is 5.70 Å². The van der Waals surface area contributed by atoms with Crippen molar-refractivity contribution in [1.29, 1.82) is 0 Å². The Bertz CT molecular complexity index is 885. The van der Waals surface area contributed by atoms with Crippen LogP contribution in [-0.4, -0.2) is 36.7 Å². The molecule has 132 valence electrons. The van der Waals surface area contributed by atoms with E-state index >= 15 is 0 Å². The predicted molar refractivity (Wildman–Crippen MR) is 79.7 cm³/mol. The van der Waals surface area contributed by atoms with E-state index < -0.39 is 42.6 Å². The molecule has 17 heteroatoms. The topological polar surface area (TPSA) is 235 Å². The van der Waals surface area contributed by atoms with Crippen LogP contribution in [0.25, 0.3) is 0 Å². The highest BCUT2D eigenvalue weighted by Crippen LogP contribution is 2.40. The van der Waals surface area contributed by atoms with Crippen LogP contribution in [0.3, 0.4) is 0 Å². The fourth-order valence-electron chi connectivity index (χ4n) is 1.67. The van der Waals surface area contributed by atoms with Gasteiger partial charge in [-0.3, -0.25) is 30.3 Å². The van der Waals surface area contributed by atoms with Crippen molar-refractivity contribution < 1.29 is 19.7 Å². The fraction of sp³-hybridized carbons (Fsp3) is 0. The summed E-state index contributed by atoms with van der Waals surface area (Å²) < 4.78 is 0. The molecule has 1 aromatic heterocycles. The molecule has 0 N–H and O–H groups in total. The summed E-state index contributed by atoms with van der Waals surface area (Å²) in [6.45, 7) is 0. The van der Waals surface area contributed by atoms with Gasteiger partial charge in [0.05, 0.1) is 14.8 Å². The number of nitro groups is 4. The number of aromatic nitrogens is 1. The van der Waals surface area contributed by atoms with Gasteiger partial charge in [-0.25, -0.2) is 4.99 Å². The number of amidine groups is 1. The largest absolute Gasteiger partial charge is 0.450 e. The number of pyridine rings is 1. The van der Waals surface area contributed by atoms with Crippen LogP contribution < -0.4 is 0 Å². The third-order valence-electron chi connectivity index (χ3n) is 2.67. The number of hydrogen-bond acceptors (Lipinski definition) is 13. The molecule has 0 spiro atoms. The summed E-state index contributed by atoms with van der Waals surface area (Å²) in [6, 6.07) is 0. The van der Waals surface area contributed by atoms with Crippen LogP contribution in [-0.2, 0) is 0 Å². The molecule has 0 atom stereocenters. The Morgan fingerprint density at radius 1 is 0.846 bits per heavy atom. The van der Waals surface area contributed by atoms with Crippen LogP contribution >= 0.6 is 0 Å². The molecule has 0 fully saturated rings. The lowest BCUT2D eigenvalue weighted by atomic mass is 10.3. The van der Waals surface area contributed by atoms with Crippen molar-refractivity contribution in [2.75, 3.05) is 0 Å². The first-order valence-corrected chi connectivity index (χ1v) is 6.08. The van der Waals surface area contributed by atoms with Gasteiger partial charge >= 0.3 is 22.9 Å². The molecule has 0 bridgehead atoms. The molecule has 0 aromatic carbocycles. The van der Waals surface area contributed by atoms with E-state index in [1.807, 2.05) is 0 Å². The maximum absolute atomic E-state index is 10.6. The molecule has 0 saturated carbocycles. The van der Waals surface area contributed by atoms with Gasteiger partial charge in [0.25, 0.3) is 0 Å². The first kappa shape index (κ1) is 17.8. The molecule has 2 aliphatic rings. The highest BCUT2D eigenvalue weighted by atomic mass is 16.7. The van der Waals surface area contributed by atoms with Crippen molar-refractivity contribution in [2.45, 2.75) is 0 Å². The van der Waals surface area contributed by atoms with Crippen LogP contribution in [0.4, 0.5) is 22.9 Å². The lowest BCUT2D eigenvalue weighted by Gasteiger charge is -1.96. The van der Waals surface area contributed by atoms with E-state index in [1.165, 1.54) is 0 Å². The zero-order valence-electron chi connectivity index (χ0n) is 12.0. The Hall–Kier alpha value is -4.57. The number of rotatable bonds is 4. The number of fused-ring (bicyclic) bond motifs is 1. The number of aliphatic imine (C=N–C) groups is 1. The Labute approximate surface area is 139 Å². The first-order valence-electron chi connectivity index (χ1n) is 6.08. The standard InChI is InChI=1S/C5HN5O8.C4H2N4/c11-7(12)2-1-6-5(10(17)18)4(9(15)16)3(2)8(13)14;1-2-5-4-3(1)6-8-7-4/h1H;1-2H. The Kier molecular flexibility index (Phi) is 4.72. The molecule has 0 unspecified atom stereocenters. The molecule has 0 aliphatic carbocycles. The van der Waals surface area contributed by atoms with Gasteiger partial charge in [0.15, 0.2) is 0 Å². The normalized spacial score (nSPS) is 13.2. The number of allylic oxidation sites excluding steroid dienone is 1. The van der Waals surface area contributed by atoms with E-state index in [0.717, 1.165) is 5.70 Å². The zero-order valence-corrected chi connectivity index (χ0v) is 12.0. The van der Waals surface area contributed by atoms with E-state index in [9.17, 15) is 40.5 Å². The average Bonchev–Trinajstić information content (AvgIpc) is 3.17. The summed E-state index contributed by atoms with van der Waals surface area (Å²) in [7, 11) is 0. The lowest BCUT2D eigenvalue weighted by Crippen LogP contribution is -2.06. The van der Waals surface area contributed by atoms with E-state index in [-0.39, 0.29) is 6.20 Å². The van der Waals surface area contributed by atoms with Crippen LogP contribution in [0.2, 0.25) is 0 Å². The third-order valence-corrected chi connectivity index (χ3v) is 2.67. The van der Waals surface area contributed by atoms with Crippen LogP contribution in [0, 0.1) is 40.5 Å². The Morgan fingerprint density at radius 2 is 1.50 bits per heavy atom. The summed E-state index contributed by atoms with van der Waals surface area (Å²) in [4.78, 5) is 43.2. The average molecular weight is 365 g/mol. The van der Waals surface area contributed by atoms with E-state index in [2.05, 4.69) is 25.4 Å². The van der Waals surface area contributed by atoms with E-state index in [1.54, 1.807) is 12.3 Å². The van der Waals surface area contributed by atoms with E-state index in [0.29, 0.717) is 5.84 Å². The quantitative estimate of drug-likeness (QED) is 0.553. The number of nitrogens with zero attached hydrogens (tertiary/aromatic N) is 9. The zero-order chi connectivity index (χ0) is 19.4. The van der Waals surface area contributed by atoms with Gasteiger partial charge in [-0.05, 0) is 21.2 Å². The maximum Gasteiger partial charge on any atom is 0.450 e. The van der Waals surface area contributed by atoms with Crippen molar-refractivity contribution in [3.05, 3.63) is 58.4 Å². The lowest BCUT2D eigenvalue weighted by molar-refractivity contribution is -0.453. The first-order chi connectivity index (χ1) is 12.2. The van der Waals surface area contributed by atoms with Gasteiger partial charge in [0.2, 0.25) is 12.0 Å². The van der Waals surface area contributed by atoms with Crippen LogP contribution in [0.5, 0.6) is 0 Å². The molecule has 3 rings (SSSR count). The molecule has 0 amide bonds. The Morgan fingerprint density at radius 3 is 2.00 bits per heavy atom. The van der Waals surface area contributed by atoms with Crippen molar-refractivity contribution in [1.82, 2.24) is 4.98 Å². The summed E-state index contributed by atoms with van der Waals surface area (Å²) in [5.41, 5.74) is -3.73. The summed E-state index contributed by atoms with van der Waals surface area (Å²) in [6.07, 6.45) is 3.66. The molecular formula is C9H3N9O8. The number of hydrogen-bond donors (Lipinski definition) is 0. The van der Waals surface area contributed by atoms with Gasteiger partial charge in [0, 0.05) is 6.21 Å². The predicted octanol–water partition coefficient (Wildman–Crippen LogP) is 1.45. The summed E-state index contributed by atoms with van der Waals surface area (Å²) in [5.74, 6) is -0.803. The molecule has 0 radical (unpaired) electrons. The van der Waals surface area contributed by atoms with Crippen molar-refractivity contribution in [3.8, 4) is 0 Å². The molecule has 26 heavy (non-hydrogen) atoms. The minimum atomic E-state index is -1.63.